The summed E-state index contributed by atoms with van der Waals surface area (Å²) in [5, 5.41) is 7.61. The summed E-state index contributed by atoms with van der Waals surface area (Å²) < 4.78 is 7.44. The number of hydrogen-bond donors (Lipinski definition) is 1. The van der Waals surface area contributed by atoms with E-state index < -0.39 is 0 Å². The number of fused-ring (bicyclic) bond motifs is 1. The second kappa shape index (κ2) is 9.58. The van der Waals surface area contributed by atoms with Crippen molar-refractivity contribution in [1.82, 2.24) is 24.6 Å². The third-order valence-corrected chi connectivity index (χ3v) is 5.93. The Bertz CT molecular complexity index is 1090. The van der Waals surface area contributed by atoms with Crippen LogP contribution in [0.1, 0.15) is 38.1 Å². The van der Waals surface area contributed by atoms with Gasteiger partial charge in [-0.3, -0.25) is 14.5 Å². The number of nitrogens with one attached hydrogen (secondary N) is 1. The van der Waals surface area contributed by atoms with Crippen LogP contribution in [0.4, 0.5) is 5.95 Å². The summed E-state index contributed by atoms with van der Waals surface area (Å²) in [6, 6.07) is 10.9. The summed E-state index contributed by atoms with van der Waals surface area (Å²) in [7, 11) is 5.81. The van der Waals surface area contributed by atoms with E-state index in [-0.39, 0.29) is 18.4 Å². The molecule has 0 spiro atoms. The molecule has 168 valence electrons. The molecule has 0 saturated heterocycles. The van der Waals surface area contributed by atoms with Crippen LogP contribution in [0.3, 0.4) is 0 Å². The first-order chi connectivity index (χ1) is 15.4. The number of carbonyl (C=O) groups excluding carboxylic acids is 2. The first-order valence-corrected chi connectivity index (χ1v) is 11.5. The van der Waals surface area contributed by atoms with Gasteiger partial charge in [0.05, 0.1) is 30.0 Å². The largest absolute Gasteiger partial charge is 0.464 e. The molecule has 1 aliphatic rings. The highest BCUT2D eigenvalue weighted by molar-refractivity contribution is 7.98. The van der Waals surface area contributed by atoms with Crippen molar-refractivity contribution < 1.29 is 14.0 Å². The number of imide groups is 1. The van der Waals surface area contributed by atoms with E-state index in [9.17, 15) is 9.59 Å². The number of thioether (sulfide) groups is 1. The van der Waals surface area contributed by atoms with Crippen LogP contribution >= 0.6 is 11.8 Å². The van der Waals surface area contributed by atoms with Crippen molar-refractivity contribution in [3.8, 4) is 0 Å². The molecule has 0 radical (unpaired) electrons. The van der Waals surface area contributed by atoms with Gasteiger partial charge < -0.3 is 14.6 Å². The topological polar surface area (TPSA) is 96.5 Å². The Hall–Kier alpha value is -3.11. The molecule has 1 aromatic carbocycles. The van der Waals surface area contributed by atoms with E-state index in [1.165, 1.54) is 4.90 Å². The van der Waals surface area contributed by atoms with E-state index in [1.54, 1.807) is 47.8 Å². The molecule has 0 atom stereocenters. The van der Waals surface area contributed by atoms with Crippen LogP contribution in [0.5, 0.6) is 0 Å². The molecule has 4 rings (SSSR count). The molecule has 0 unspecified atom stereocenters. The van der Waals surface area contributed by atoms with Crippen molar-refractivity contribution in [3.05, 3.63) is 64.9 Å². The van der Waals surface area contributed by atoms with Gasteiger partial charge in [-0.15, -0.1) is 0 Å². The summed E-state index contributed by atoms with van der Waals surface area (Å²) in [6.45, 7) is 1.54. The molecule has 3 heterocycles. The normalized spacial score (nSPS) is 13.3. The monoisotopic (exact) mass is 454 g/mol. The summed E-state index contributed by atoms with van der Waals surface area (Å²) >= 11 is 1.77. The zero-order valence-corrected chi connectivity index (χ0v) is 19.2. The summed E-state index contributed by atoms with van der Waals surface area (Å²) in [6.07, 6.45) is 0. The molecule has 0 fully saturated rings. The maximum Gasteiger partial charge on any atom is 0.261 e. The maximum atomic E-state index is 12.5. The van der Waals surface area contributed by atoms with Crippen LogP contribution in [0.25, 0.3) is 0 Å². The minimum Gasteiger partial charge on any atom is -0.464 e. The van der Waals surface area contributed by atoms with Crippen LogP contribution < -0.4 is 5.32 Å². The van der Waals surface area contributed by atoms with E-state index in [1.807, 2.05) is 26.2 Å². The Labute approximate surface area is 190 Å². The highest BCUT2D eigenvalue weighted by atomic mass is 32.2. The molecule has 9 nitrogen and oxygen atoms in total. The highest BCUT2D eigenvalue weighted by Crippen LogP contribution is 2.24. The Morgan fingerprint density at radius 2 is 1.75 bits per heavy atom. The Balaban J connectivity index is 1.25. The average molecular weight is 455 g/mol. The molecular weight excluding hydrogens is 428 g/mol. The number of carbonyl (C=O) groups is 2. The van der Waals surface area contributed by atoms with Gasteiger partial charge in [-0.1, -0.05) is 12.1 Å². The van der Waals surface area contributed by atoms with Crippen LogP contribution in [0, 0.1) is 0 Å². The van der Waals surface area contributed by atoms with Crippen LogP contribution in [-0.4, -0.2) is 62.8 Å². The SMILES string of the molecule is CN(C)Cc1ccc(CSCCNc2nc(CN3C(=O)c4ccccc4C3=O)nn2C)o1. The fourth-order valence-corrected chi connectivity index (χ4v) is 4.23. The average Bonchev–Trinajstić information content (AvgIpc) is 3.41. The zero-order valence-electron chi connectivity index (χ0n) is 18.4. The molecule has 0 saturated carbocycles. The molecule has 3 aromatic rings. The zero-order chi connectivity index (χ0) is 22.7. The van der Waals surface area contributed by atoms with Crippen LogP contribution in [-0.2, 0) is 25.9 Å². The fourth-order valence-electron chi connectivity index (χ4n) is 3.49. The molecule has 1 aliphatic heterocycles. The van der Waals surface area contributed by atoms with Crippen molar-refractivity contribution in [2.45, 2.75) is 18.8 Å². The molecule has 2 amide bonds. The number of amides is 2. The van der Waals surface area contributed by atoms with Crippen molar-refractivity contribution in [1.29, 1.82) is 0 Å². The van der Waals surface area contributed by atoms with Gasteiger partial charge in [0.25, 0.3) is 11.8 Å². The number of nitrogens with zero attached hydrogens (tertiary/aromatic N) is 5. The van der Waals surface area contributed by atoms with E-state index in [2.05, 4.69) is 20.3 Å². The van der Waals surface area contributed by atoms with E-state index in [4.69, 9.17) is 4.42 Å². The summed E-state index contributed by atoms with van der Waals surface area (Å²) in [5.41, 5.74) is 0.850. The van der Waals surface area contributed by atoms with Crippen molar-refractivity contribution in [3.63, 3.8) is 0 Å². The van der Waals surface area contributed by atoms with E-state index in [0.29, 0.717) is 29.4 Å². The second-order valence-corrected chi connectivity index (χ2v) is 8.91. The van der Waals surface area contributed by atoms with Crippen molar-refractivity contribution in [2.75, 3.05) is 31.7 Å². The third-order valence-electron chi connectivity index (χ3n) is 4.95. The van der Waals surface area contributed by atoms with Crippen molar-refractivity contribution in [2.24, 2.45) is 7.05 Å². The maximum absolute atomic E-state index is 12.5. The van der Waals surface area contributed by atoms with Gasteiger partial charge in [-0.05, 0) is 38.4 Å². The molecule has 10 heteroatoms. The molecular formula is C22H26N6O3S. The predicted octanol–water partition coefficient (Wildman–Crippen LogP) is 2.61. The number of benzene rings is 1. The first-order valence-electron chi connectivity index (χ1n) is 10.3. The van der Waals surface area contributed by atoms with Gasteiger partial charge in [-0.25, -0.2) is 4.68 Å². The lowest BCUT2D eigenvalue weighted by Gasteiger charge is -2.10. The third kappa shape index (κ3) is 4.86. The predicted molar refractivity (Wildman–Crippen MR) is 122 cm³/mol. The molecule has 0 aliphatic carbocycles. The molecule has 0 bridgehead atoms. The summed E-state index contributed by atoms with van der Waals surface area (Å²) in [4.78, 5) is 32.8. The van der Waals surface area contributed by atoms with Crippen LogP contribution in [0.2, 0.25) is 0 Å². The van der Waals surface area contributed by atoms with Gasteiger partial charge in [-0.2, -0.15) is 21.8 Å². The lowest BCUT2D eigenvalue weighted by atomic mass is 10.1. The second-order valence-electron chi connectivity index (χ2n) is 7.80. The highest BCUT2D eigenvalue weighted by Gasteiger charge is 2.35. The minimum absolute atomic E-state index is 0.0460. The Morgan fingerprint density at radius 3 is 2.44 bits per heavy atom. The standard InChI is InChI=1S/C22H26N6O3S/c1-26(2)12-15-8-9-16(31-15)14-32-11-10-23-22-24-19(25-27(22)3)13-28-20(29)17-6-4-5-7-18(17)21(28)30/h4-9H,10-14H2,1-3H3,(H,23,24,25). The smallest absolute Gasteiger partial charge is 0.261 e. The Kier molecular flexibility index (Phi) is 6.61. The number of furan rings is 1. The quantitative estimate of drug-likeness (QED) is 0.369. The lowest BCUT2D eigenvalue weighted by molar-refractivity contribution is 0.0638. The number of aryl methyl sites for hydroxylation is 1. The molecule has 2 aromatic heterocycles. The summed E-state index contributed by atoms with van der Waals surface area (Å²) in [5.74, 6) is 4.00. The van der Waals surface area contributed by atoms with E-state index in [0.717, 1.165) is 29.6 Å². The van der Waals surface area contributed by atoms with Gasteiger partial charge in [0, 0.05) is 19.3 Å². The fraction of sp³-hybridized carbons (Fsp3) is 0.364. The molecule has 32 heavy (non-hydrogen) atoms. The number of hydrogen-bond acceptors (Lipinski definition) is 8. The first kappa shape index (κ1) is 22.1. The Morgan fingerprint density at radius 1 is 1.06 bits per heavy atom. The van der Waals surface area contributed by atoms with Gasteiger partial charge >= 0.3 is 0 Å². The van der Waals surface area contributed by atoms with Gasteiger partial charge in [0.2, 0.25) is 5.95 Å². The molecule has 1 N–H and O–H groups in total. The van der Waals surface area contributed by atoms with Gasteiger partial charge in [0.1, 0.15) is 11.5 Å². The lowest BCUT2D eigenvalue weighted by Crippen LogP contribution is -2.29. The van der Waals surface area contributed by atoms with Crippen molar-refractivity contribution >= 4 is 29.5 Å². The number of anilines is 1. The number of rotatable bonds is 10. The van der Waals surface area contributed by atoms with Crippen LogP contribution in [0.15, 0.2) is 40.8 Å². The number of aromatic nitrogens is 3. The van der Waals surface area contributed by atoms with E-state index >= 15 is 0 Å². The van der Waals surface area contributed by atoms with Gasteiger partial charge in [0.15, 0.2) is 5.82 Å². The minimum atomic E-state index is -0.310.